The molecule has 15 aliphatic carbocycles. The van der Waals surface area contributed by atoms with E-state index in [-0.39, 0.29) is 0 Å². The van der Waals surface area contributed by atoms with Gasteiger partial charge in [0.05, 0.1) is 0 Å². The minimum atomic E-state index is 0.434. The van der Waals surface area contributed by atoms with Crippen molar-refractivity contribution >= 4 is 6.08 Å². The molecule has 3 unspecified atom stereocenters. The molecule has 90 heavy (non-hydrogen) atoms. The Morgan fingerprint density at radius 3 is 1.27 bits per heavy atom. The van der Waals surface area contributed by atoms with Crippen molar-refractivity contribution in [3.8, 4) is 0 Å². The van der Waals surface area contributed by atoms with Crippen molar-refractivity contribution < 1.29 is 0 Å². The van der Waals surface area contributed by atoms with E-state index in [0.29, 0.717) is 23.2 Å². The van der Waals surface area contributed by atoms with Gasteiger partial charge in [0.15, 0.2) is 0 Å². The quantitative estimate of drug-likeness (QED) is 0.133. The van der Waals surface area contributed by atoms with Crippen LogP contribution in [0, 0.1) is 46.8 Å². The van der Waals surface area contributed by atoms with Gasteiger partial charge in [0, 0.05) is 17.8 Å². The molecule has 5 fully saturated rings. The fourth-order valence-electron chi connectivity index (χ4n) is 18.9. The van der Waals surface area contributed by atoms with Gasteiger partial charge in [-0.3, -0.25) is 0 Å². The van der Waals surface area contributed by atoms with E-state index >= 15 is 0 Å². The topological polar surface area (TPSA) is 0 Å². The van der Waals surface area contributed by atoms with E-state index in [0.717, 1.165) is 55.8 Å². The zero-order valence-corrected chi connectivity index (χ0v) is 53.8. The summed E-state index contributed by atoms with van der Waals surface area (Å²) in [6, 6.07) is 26.1. The third kappa shape index (κ3) is 13.4. The number of hydrogen-bond donors (Lipinski definition) is 0. The van der Waals surface area contributed by atoms with Gasteiger partial charge in [-0.05, 0) is 263 Å². The molecular formula is C90H96. The molecule has 0 amide bonds. The first-order valence-corrected chi connectivity index (χ1v) is 35.9. The molecule has 3 aromatic rings. The van der Waals surface area contributed by atoms with E-state index in [2.05, 4.69) is 225 Å². The van der Waals surface area contributed by atoms with Crippen LogP contribution in [0.15, 0.2) is 286 Å². The molecule has 0 aliphatic heterocycles. The van der Waals surface area contributed by atoms with E-state index in [1.165, 1.54) is 197 Å². The molecule has 0 heteroatoms. The second kappa shape index (κ2) is 27.3. The van der Waals surface area contributed by atoms with Gasteiger partial charge in [-0.1, -0.05) is 263 Å². The van der Waals surface area contributed by atoms with Crippen molar-refractivity contribution in [2.45, 2.75) is 167 Å². The molecule has 0 saturated heterocycles. The second-order valence-electron chi connectivity index (χ2n) is 29.4. The number of benzene rings is 3. The summed E-state index contributed by atoms with van der Waals surface area (Å²) in [4.78, 5) is 0. The lowest BCUT2D eigenvalue weighted by atomic mass is 9.48. The number of hydrogen-bond acceptors (Lipinski definition) is 0. The number of fused-ring (bicyclic) bond motifs is 4. The van der Waals surface area contributed by atoms with Crippen molar-refractivity contribution in [1.82, 2.24) is 0 Å². The minimum absolute atomic E-state index is 0.434. The Morgan fingerprint density at radius 1 is 0.378 bits per heavy atom. The highest BCUT2D eigenvalue weighted by Crippen LogP contribution is 2.61. The fourth-order valence-corrected chi connectivity index (χ4v) is 18.9. The molecule has 0 nitrogen and oxygen atoms in total. The molecule has 5 saturated carbocycles. The second-order valence-corrected chi connectivity index (χ2v) is 29.4. The molecule has 4 bridgehead atoms. The van der Waals surface area contributed by atoms with Crippen LogP contribution < -0.4 is 0 Å². The van der Waals surface area contributed by atoms with Crippen molar-refractivity contribution in [3.63, 3.8) is 0 Å². The summed E-state index contributed by atoms with van der Waals surface area (Å²) in [5.74, 6) is 5.48. The number of rotatable bonds is 15. The van der Waals surface area contributed by atoms with E-state index < -0.39 is 0 Å². The highest BCUT2D eigenvalue weighted by molar-refractivity contribution is 5.65. The Bertz CT molecular complexity index is 3790. The lowest BCUT2D eigenvalue weighted by Gasteiger charge is -2.57. The summed E-state index contributed by atoms with van der Waals surface area (Å²) in [6.07, 6.45) is 95.2. The fraction of sp³-hybridized carbons (Fsp3) is 0.378. The summed E-state index contributed by atoms with van der Waals surface area (Å²) >= 11 is 0. The van der Waals surface area contributed by atoms with Gasteiger partial charge in [0.1, 0.15) is 0 Å². The lowest BCUT2D eigenvalue weighted by molar-refractivity contribution is -0.0569. The standard InChI is InChI=1S/C34H38.C31H36.C25H22/c1-2-5-29(6-3-1)32-14-13-30(31-7-4-8-33(31)32)20-25-11-9-24(10-12-25)15-16-34-21-26-17-27(22-34)19-28(18-26)23-34;1-2-5-10-24(9-4-1)15-16-25-17-19-26(20-18-25)23-28-21-22-30(27-11-6-3-7-12-27)31-14-8-13-29(28)31;1-2-6-20(7-3-1)24-15-14-22(23-10-5-11-25(23)24)17-18-12-13-19-8-4-9-21(19)16-18/h2,4-14,26-28,33H,1,3,15-23H2;6,8,11-14,17-22,24,31H,1-5,7,9-10,15-16,23H2;2,4-7,9-16,25H,1,3,8,17H2. The average molecular weight is 1180 g/mol. The maximum absolute atomic E-state index is 2.43. The normalized spacial score (nSPS) is 27.7. The third-order valence-corrected chi connectivity index (χ3v) is 23.2. The Morgan fingerprint density at radius 2 is 0.811 bits per heavy atom. The van der Waals surface area contributed by atoms with Gasteiger partial charge in [-0.2, -0.15) is 0 Å². The molecule has 0 spiro atoms. The summed E-state index contributed by atoms with van der Waals surface area (Å²) in [5, 5.41) is 0. The summed E-state index contributed by atoms with van der Waals surface area (Å²) in [5.41, 5.74) is 28.5. The number of allylic oxidation sites excluding steroid dienone is 37. The molecule has 18 rings (SSSR count). The maximum Gasteiger partial charge on any atom is 0.0281 e. The zero-order chi connectivity index (χ0) is 60.1. The summed E-state index contributed by atoms with van der Waals surface area (Å²) in [7, 11) is 0. The first kappa shape index (κ1) is 59.1. The molecule has 0 aromatic heterocycles. The highest BCUT2D eigenvalue weighted by Gasteiger charge is 2.50. The van der Waals surface area contributed by atoms with Crippen molar-refractivity contribution in [2.75, 3.05) is 0 Å². The van der Waals surface area contributed by atoms with E-state index in [9.17, 15) is 0 Å². The summed E-state index contributed by atoms with van der Waals surface area (Å²) < 4.78 is 0. The van der Waals surface area contributed by atoms with Crippen LogP contribution in [0.2, 0.25) is 0 Å². The van der Waals surface area contributed by atoms with Crippen LogP contribution in [0.5, 0.6) is 0 Å². The molecule has 15 aliphatic rings. The van der Waals surface area contributed by atoms with Gasteiger partial charge in [-0.15, -0.1) is 0 Å². The Kier molecular flexibility index (Phi) is 17.9. The minimum Gasteiger partial charge on any atom is -0.0836 e. The predicted octanol–water partition coefficient (Wildman–Crippen LogP) is 23.1. The predicted molar refractivity (Wildman–Crippen MR) is 382 cm³/mol. The smallest absolute Gasteiger partial charge is 0.0281 e. The first-order valence-electron chi connectivity index (χ1n) is 35.9. The monoisotopic (exact) mass is 1180 g/mol. The van der Waals surface area contributed by atoms with E-state index in [1.807, 2.05) is 0 Å². The Balaban J connectivity index is 0.000000114. The Hall–Kier alpha value is -7.28. The first-order chi connectivity index (χ1) is 44.5. The largest absolute Gasteiger partial charge is 0.0836 e. The van der Waals surface area contributed by atoms with Crippen LogP contribution in [0.25, 0.3) is 6.08 Å². The van der Waals surface area contributed by atoms with Crippen LogP contribution in [0.1, 0.15) is 167 Å². The molecule has 3 aromatic carbocycles. The van der Waals surface area contributed by atoms with Crippen LogP contribution in [-0.2, 0) is 38.5 Å². The average Bonchev–Trinajstić information content (AvgIpc) is 1.10. The van der Waals surface area contributed by atoms with Gasteiger partial charge in [-0.25, -0.2) is 0 Å². The van der Waals surface area contributed by atoms with Crippen LogP contribution >= 0.6 is 0 Å². The SMILES string of the molecule is C1=CC2C(C3=CCCC=C3)=CC=C(Cc3ccc(CCC45CC6CC(CC(C6)C4)C5)cc3)C2=C1.C1=CC2C(C3=CCCC=C3)=CC=C(Cc3ccc(CCC4CCCCCC4)cc3)C2=C1.C1=CC2C(C3=CCCC=C3)=CC=C(Cc3ccc4c(c3)C=CC4)C2=C1. The van der Waals surface area contributed by atoms with Crippen LogP contribution in [-0.4, -0.2) is 0 Å². The van der Waals surface area contributed by atoms with Crippen molar-refractivity contribution in [1.29, 1.82) is 0 Å². The molecule has 0 heterocycles. The van der Waals surface area contributed by atoms with E-state index in [4.69, 9.17) is 0 Å². The Labute approximate surface area is 541 Å². The van der Waals surface area contributed by atoms with Crippen molar-refractivity contribution in [3.05, 3.63) is 324 Å². The number of aryl methyl sites for hydroxylation is 2. The van der Waals surface area contributed by atoms with Gasteiger partial charge < -0.3 is 0 Å². The lowest BCUT2D eigenvalue weighted by Crippen LogP contribution is -2.46. The van der Waals surface area contributed by atoms with Gasteiger partial charge in [0.2, 0.25) is 0 Å². The highest BCUT2D eigenvalue weighted by atomic mass is 14.6. The van der Waals surface area contributed by atoms with Crippen LogP contribution in [0.3, 0.4) is 0 Å². The van der Waals surface area contributed by atoms with Crippen molar-refractivity contribution in [2.24, 2.45) is 46.8 Å². The maximum atomic E-state index is 2.43. The summed E-state index contributed by atoms with van der Waals surface area (Å²) in [6.45, 7) is 0. The third-order valence-electron chi connectivity index (χ3n) is 23.2. The van der Waals surface area contributed by atoms with E-state index in [1.54, 1.807) is 44.1 Å². The zero-order valence-electron chi connectivity index (χ0n) is 53.8. The molecule has 3 atom stereocenters. The molecule has 456 valence electrons. The van der Waals surface area contributed by atoms with Crippen LogP contribution in [0.4, 0.5) is 0 Å². The van der Waals surface area contributed by atoms with Gasteiger partial charge >= 0.3 is 0 Å². The molecular weight excluding hydrogens is 1080 g/mol. The molecule has 0 N–H and O–H groups in total. The molecule has 0 radical (unpaired) electrons. The van der Waals surface area contributed by atoms with Gasteiger partial charge in [0.25, 0.3) is 0 Å².